The third kappa shape index (κ3) is 2.41. The highest BCUT2D eigenvalue weighted by Gasteiger charge is 2.21. The lowest BCUT2D eigenvalue weighted by molar-refractivity contribution is 0.431. The van der Waals surface area contributed by atoms with Crippen LogP contribution < -0.4 is 5.73 Å². The maximum absolute atomic E-state index is 5.90. The molecule has 108 valence electrons. The Morgan fingerprint density at radius 1 is 1.25 bits per heavy atom. The first-order chi connectivity index (χ1) is 9.69. The van der Waals surface area contributed by atoms with Gasteiger partial charge in [-0.25, -0.2) is 4.98 Å². The van der Waals surface area contributed by atoms with E-state index in [1.807, 2.05) is 12.1 Å². The van der Waals surface area contributed by atoms with Crippen LogP contribution in [0.2, 0.25) is 0 Å². The minimum Gasteiger partial charge on any atom is -0.399 e. The molecule has 0 aliphatic heterocycles. The van der Waals surface area contributed by atoms with Gasteiger partial charge in [-0.1, -0.05) is 26.7 Å². The number of benzene rings is 1. The summed E-state index contributed by atoms with van der Waals surface area (Å²) in [4.78, 5) is 4.80. The molecule has 3 rings (SSSR count). The molecule has 1 aromatic heterocycles. The lowest BCUT2D eigenvalue weighted by Crippen LogP contribution is -2.11. The molecule has 1 saturated carbocycles. The number of hydrogen-bond donors (Lipinski definition) is 1. The highest BCUT2D eigenvalue weighted by molar-refractivity contribution is 5.79. The van der Waals surface area contributed by atoms with Crippen molar-refractivity contribution in [2.75, 3.05) is 5.73 Å². The molecule has 0 radical (unpaired) electrons. The van der Waals surface area contributed by atoms with E-state index in [4.69, 9.17) is 10.7 Å². The number of aromatic nitrogens is 2. The van der Waals surface area contributed by atoms with Crippen LogP contribution >= 0.6 is 0 Å². The second kappa shape index (κ2) is 5.47. The van der Waals surface area contributed by atoms with Crippen molar-refractivity contribution >= 4 is 16.7 Å². The fraction of sp³-hybridized carbons (Fsp3) is 0.588. The predicted molar refractivity (Wildman–Crippen MR) is 84.8 cm³/mol. The van der Waals surface area contributed by atoms with E-state index in [1.165, 1.54) is 43.4 Å². The largest absolute Gasteiger partial charge is 0.399 e. The normalized spacial score (nSPS) is 23.9. The quantitative estimate of drug-likeness (QED) is 0.653. The van der Waals surface area contributed by atoms with Gasteiger partial charge in [0.1, 0.15) is 5.82 Å². The molecule has 2 aromatic rings. The van der Waals surface area contributed by atoms with Crippen LogP contribution in [0.5, 0.6) is 0 Å². The summed E-state index contributed by atoms with van der Waals surface area (Å²) in [6, 6.07) is 6.76. The Morgan fingerprint density at radius 3 is 2.90 bits per heavy atom. The van der Waals surface area contributed by atoms with Crippen molar-refractivity contribution in [2.24, 2.45) is 5.92 Å². The van der Waals surface area contributed by atoms with Crippen molar-refractivity contribution in [3.63, 3.8) is 0 Å². The molecule has 0 amide bonds. The number of fused-ring (bicyclic) bond motifs is 1. The molecule has 3 heteroatoms. The van der Waals surface area contributed by atoms with Gasteiger partial charge in [-0.2, -0.15) is 0 Å². The van der Waals surface area contributed by atoms with Crippen molar-refractivity contribution in [1.82, 2.24) is 9.55 Å². The first-order valence-corrected chi connectivity index (χ1v) is 7.95. The van der Waals surface area contributed by atoms with Gasteiger partial charge in [-0.05, 0) is 43.4 Å². The Labute approximate surface area is 121 Å². The molecule has 0 bridgehead atoms. The van der Waals surface area contributed by atoms with Crippen LogP contribution in [0.4, 0.5) is 5.69 Å². The smallest absolute Gasteiger partial charge is 0.109 e. The summed E-state index contributed by atoms with van der Waals surface area (Å²) in [7, 11) is 0. The average Bonchev–Trinajstić information content (AvgIpc) is 2.66. The van der Waals surface area contributed by atoms with Crippen LogP contribution in [0.3, 0.4) is 0 Å². The van der Waals surface area contributed by atoms with Crippen LogP contribution in [-0.2, 0) is 6.42 Å². The number of rotatable bonds is 2. The first kappa shape index (κ1) is 13.5. The minimum absolute atomic E-state index is 0.614. The zero-order chi connectivity index (χ0) is 14.1. The van der Waals surface area contributed by atoms with E-state index in [2.05, 4.69) is 24.5 Å². The molecule has 1 fully saturated rings. The standard InChI is InChI=1S/C17H25N3/c1-3-17-19-15-11-13(18)8-10-16(15)20(17)14-6-4-5-12(2)7-9-14/h8,10-12,14H,3-7,9,18H2,1-2H3. The van der Waals surface area contributed by atoms with Crippen LogP contribution in [-0.4, -0.2) is 9.55 Å². The number of imidazole rings is 1. The van der Waals surface area contributed by atoms with Crippen molar-refractivity contribution in [2.45, 2.75) is 58.4 Å². The van der Waals surface area contributed by atoms with Crippen molar-refractivity contribution in [1.29, 1.82) is 0 Å². The maximum atomic E-state index is 5.90. The van der Waals surface area contributed by atoms with E-state index in [0.717, 1.165) is 23.5 Å². The molecule has 20 heavy (non-hydrogen) atoms. The molecule has 1 aliphatic carbocycles. The molecule has 1 heterocycles. The van der Waals surface area contributed by atoms with Gasteiger partial charge >= 0.3 is 0 Å². The predicted octanol–water partition coefficient (Wildman–Crippen LogP) is 4.32. The summed E-state index contributed by atoms with van der Waals surface area (Å²) in [6.45, 7) is 4.58. The van der Waals surface area contributed by atoms with Crippen molar-refractivity contribution < 1.29 is 0 Å². The molecule has 3 nitrogen and oxygen atoms in total. The third-order valence-corrected chi connectivity index (χ3v) is 4.69. The SMILES string of the molecule is CCc1nc2cc(N)ccc2n1C1CCCC(C)CC1. The molecule has 1 aliphatic rings. The van der Waals surface area contributed by atoms with Gasteiger partial charge in [-0.3, -0.25) is 0 Å². The molecule has 0 saturated heterocycles. The van der Waals surface area contributed by atoms with E-state index >= 15 is 0 Å². The second-order valence-corrected chi connectivity index (χ2v) is 6.27. The van der Waals surface area contributed by atoms with Gasteiger partial charge in [-0.15, -0.1) is 0 Å². The van der Waals surface area contributed by atoms with Crippen LogP contribution in [0.25, 0.3) is 11.0 Å². The molecule has 1 aromatic carbocycles. The lowest BCUT2D eigenvalue weighted by atomic mass is 10.0. The summed E-state index contributed by atoms with van der Waals surface area (Å²) in [5.74, 6) is 2.08. The molecule has 2 N–H and O–H groups in total. The number of nitrogens with zero attached hydrogens (tertiary/aromatic N) is 2. The lowest BCUT2D eigenvalue weighted by Gasteiger charge is -2.20. The molecular weight excluding hydrogens is 246 g/mol. The molecule has 2 atom stereocenters. The Bertz CT molecular complexity index is 600. The van der Waals surface area contributed by atoms with Gasteiger partial charge in [0.2, 0.25) is 0 Å². The third-order valence-electron chi connectivity index (χ3n) is 4.69. The van der Waals surface area contributed by atoms with E-state index in [-0.39, 0.29) is 0 Å². The zero-order valence-corrected chi connectivity index (χ0v) is 12.6. The van der Waals surface area contributed by atoms with Gasteiger partial charge < -0.3 is 10.3 Å². The second-order valence-electron chi connectivity index (χ2n) is 6.27. The van der Waals surface area contributed by atoms with Crippen LogP contribution in [0.1, 0.15) is 57.8 Å². The zero-order valence-electron chi connectivity index (χ0n) is 12.6. The summed E-state index contributed by atoms with van der Waals surface area (Å²) >= 11 is 0. The van der Waals surface area contributed by atoms with E-state index < -0.39 is 0 Å². The van der Waals surface area contributed by atoms with Crippen LogP contribution in [0, 0.1) is 5.92 Å². The highest BCUT2D eigenvalue weighted by Crippen LogP contribution is 2.34. The number of anilines is 1. The van der Waals surface area contributed by atoms with Crippen LogP contribution in [0.15, 0.2) is 18.2 Å². The highest BCUT2D eigenvalue weighted by atomic mass is 15.1. The van der Waals surface area contributed by atoms with E-state index in [9.17, 15) is 0 Å². The topological polar surface area (TPSA) is 43.8 Å². The van der Waals surface area contributed by atoms with E-state index in [0.29, 0.717) is 6.04 Å². The first-order valence-electron chi connectivity index (χ1n) is 7.95. The summed E-state index contributed by atoms with van der Waals surface area (Å²) < 4.78 is 2.49. The van der Waals surface area contributed by atoms with E-state index in [1.54, 1.807) is 0 Å². The van der Waals surface area contributed by atoms with Gasteiger partial charge in [0.25, 0.3) is 0 Å². The number of nitrogen functional groups attached to an aromatic ring is 1. The summed E-state index contributed by atoms with van der Waals surface area (Å²) in [5.41, 5.74) is 9.02. The van der Waals surface area contributed by atoms with Gasteiger partial charge in [0, 0.05) is 18.2 Å². The molecular formula is C17H25N3. The number of hydrogen-bond acceptors (Lipinski definition) is 2. The van der Waals surface area contributed by atoms with Crippen molar-refractivity contribution in [3.05, 3.63) is 24.0 Å². The minimum atomic E-state index is 0.614. The van der Waals surface area contributed by atoms with Crippen molar-refractivity contribution in [3.8, 4) is 0 Å². The monoisotopic (exact) mass is 271 g/mol. The summed E-state index contributed by atoms with van der Waals surface area (Å²) in [6.07, 6.45) is 7.60. The van der Waals surface area contributed by atoms with Gasteiger partial charge in [0.05, 0.1) is 11.0 Å². The Kier molecular flexibility index (Phi) is 3.68. The summed E-state index contributed by atoms with van der Waals surface area (Å²) in [5, 5.41) is 0. The number of nitrogens with two attached hydrogens (primary N) is 1. The Balaban J connectivity index is 2.04. The average molecular weight is 271 g/mol. The maximum Gasteiger partial charge on any atom is 0.109 e. The molecule has 0 spiro atoms. The van der Waals surface area contributed by atoms with Gasteiger partial charge in [0.15, 0.2) is 0 Å². The number of aryl methyl sites for hydroxylation is 1. The molecule has 2 unspecified atom stereocenters. The Morgan fingerprint density at radius 2 is 2.10 bits per heavy atom. The fourth-order valence-electron chi connectivity index (χ4n) is 3.55. The Hall–Kier alpha value is -1.51. The fourth-order valence-corrected chi connectivity index (χ4v) is 3.55.